The summed E-state index contributed by atoms with van der Waals surface area (Å²) < 4.78 is 0. The fourth-order valence-electron chi connectivity index (χ4n) is 2.06. The second-order valence-corrected chi connectivity index (χ2v) is 5.66. The van der Waals surface area contributed by atoms with E-state index in [-0.39, 0.29) is 17.5 Å². The van der Waals surface area contributed by atoms with Gasteiger partial charge in [0.25, 0.3) is 11.8 Å². The zero-order valence-electron chi connectivity index (χ0n) is 14.0. The fraction of sp³-hybridized carbons (Fsp3) is 0.278. The highest BCUT2D eigenvalue weighted by atomic mass is 16.2. The second kappa shape index (κ2) is 8.79. The smallest absolute Gasteiger partial charge is 0.269 e. The summed E-state index contributed by atoms with van der Waals surface area (Å²) in [6.07, 6.45) is 1.47. The number of nitrogens with one attached hydrogen (secondary N) is 2. The molecule has 24 heavy (non-hydrogen) atoms. The molecule has 126 valence electrons. The van der Waals surface area contributed by atoms with Crippen LogP contribution in [0.15, 0.2) is 48.7 Å². The summed E-state index contributed by atoms with van der Waals surface area (Å²) in [5.74, 6) is -0.516. The third-order valence-corrected chi connectivity index (χ3v) is 3.40. The van der Waals surface area contributed by atoms with Crippen molar-refractivity contribution in [1.82, 2.24) is 20.5 Å². The molecule has 0 aliphatic rings. The molecule has 6 nitrogen and oxygen atoms in total. The number of hydrogen-bond acceptors (Lipinski definition) is 4. The first-order chi connectivity index (χ1) is 11.6. The molecule has 0 fully saturated rings. The van der Waals surface area contributed by atoms with E-state index in [1.54, 1.807) is 6.07 Å². The number of rotatable bonds is 7. The Balaban J connectivity index is 1.93. The summed E-state index contributed by atoms with van der Waals surface area (Å²) >= 11 is 0. The van der Waals surface area contributed by atoms with Gasteiger partial charge in [-0.25, -0.2) is 0 Å². The second-order valence-electron chi connectivity index (χ2n) is 5.66. The van der Waals surface area contributed by atoms with Gasteiger partial charge in [0.05, 0.1) is 0 Å². The van der Waals surface area contributed by atoms with Crippen LogP contribution in [0.1, 0.15) is 26.4 Å². The molecular formula is C18H22N4O2. The van der Waals surface area contributed by atoms with Crippen LogP contribution in [0.2, 0.25) is 0 Å². The lowest BCUT2D eigenvalue weighted by atomic mass is 10.2. The lowest BCUT2D eigenvalue weighted by Crippen LogP contribution is -2.32. The minimum atomic E-state index is -0.283. The quantitative estimate of drug-likeness (QED) is 0.804. The molecule has 0 saturated carbocycles. The Labute approximate surface area is 141 Å². The molecule has 0 aliphatic carbocycles. The highest BCUT2D eigenvalue weighted by Crippen LogP contribution is 2.04. The Kier molecular flexibility index (Phi) is 6.45. The van der Waals surface area contributed by atoms with E-state index in [2.05, 4.69) is 15.6 Å². The van der Waals surface area contributed by atoms with Crippen molar-refractivity contribution in [3.8, 4) is 0 Å². The lowest BCUT2D eigenvalue weighted by molar-refractivity contribution is 0.0946. The number of likely N-dealkylation sites (N-methyl/N-ethyl adjacent to an activating group) is 1. The third-order valence-electron chi connectivity index (χ3n) is 3.40. The summed E-state index contributed by atoms with van der Waals surface area (Å²) in [6.45, 7) is 1.70. The molecule has 6 heteroatoms. The lowest BCUT2D eigenvalue weighted by Gasteiger charge is -2.10. The Morgan fingerprint density at radius 1 is 1.04 bits per heavy atom. The average Bonchev–Trinajstić information content (AvgIpc) is 2.60. The van der Waals surface area contributed by atoms with Crippen molar-refractivity contribution in [3.05, 3.63) is 65.5 Å². The first kappa shape index (κ1) is 17.6. The van der Waals surface area contributed by atoms with E-state index in [0.29, 0.717) is 18.7 Å². The van der Waals surface area contributed by atoms with Crippen molar-refractivity contribution in [1.29, 1.82) is 0 Å². The zero-order valence-corrected chi connectivity index (χ0v) is 14.0. The summed E-state index contributed by atoms with van der Waals surface area (Å²) in [5.41, 5.74) is 1.67. The molecule has 2 N–H and O–H groups in total. The summed E-state index contributed by atoms with van der Waals surface area (Å²) in [5, 5.41) is 5.61. The van der Waals surface area contributed by atoms with Gasteiger partial charge < -0.3 is 15.5 Å². The maximum atomic E-state index is 12.2. The largest absolute Gasteiger partial charge is 0.349 e. The van der Waals surface area contributed by atoms with Crippen molar-refractivity contribution >= 4 is 11.8 Å². The Morgan fingerprint density at radius 3 is 2.50 bits per heavy atom. The maximum absolute atomic E-state index is 12.2. The molecule has 0 atom stereocenters. The molecule has 0 bridgehead atoms. The molecule has 1 aromatic carbocycles. The summed E-state index contributed by atoms with van der Waals surface area (Å²) in [4.78, 5) is 30.3. The predicted octanol–water partition coefficient (Wildman–Crippen LogP) is 1.30. The number of nitrogens with zero attached hydrogens (tertiary/aromatic N) is 2. The highest BCUT2D eigenvalue weighted by Gasteiger charge is 2.11. The standard InChI is InChI=1S/C18H22N4O2/c1-22(2)11-10-20-18(24)16-12-15(8-9-19-16)17(23)21-13-14-6-4-3-5-7-14/h3-9,12H,10-11,13H2,1-2H3,(H,20,24)(H,21,23). The molecule has 0 saturated heterocycles. The van der Waals surface area contributed by atoms with E-state index in [0.717, 1.165) is 12.1 Å². The minimum Gasteiger partial charge on any atom is -0.349 e. The van der Waals surface area contributed by atoms with Gasteiger partial charge in [-0.05, 0) is 31.8 Å². The van der Waals surface area contributed by atoms with Crippen LogP contribution in [0.4, 0.5) is 0 Å². The van der Waals surface area contributed by atoms with Crippen LogP contribution in [0.5, 0.6) is 0 Å². The highest BCUT2D eigenvalue weighted by molar-refractivity contribution is 5.98. The Bertz CT molecular complexity index is 686. The van der Waals surface area contributed by atoms with E-state index in [9.17, 15) is 9.59 Å². The van der Waals surface area contributed by atoms with E-state index in [1.165, 1.54) is 12.3 Å². The van der Waals surface area contributed by atoms with E-state index in [1.807, 2.05) is 49.3 Å². The van der Waals surface area contributed by atoms with Crippen LogP contribution in [0.25, 0.3) is 0 Å². The molecule has 0 unspecified atom stereocenters. The van der Waals surface area contributed by atoms with Gasteiger partial charge >= 0.3 is 0 Å². The van der Waals surface area contributed by atoms with Crippen LogP contribution in [-0.2, 0) is 6.54 Å². The van der Waals surface area contributed by atoms with E-state index < -0.39 is 0 Å². The van der Waals surface area contributed by atoms with Crippen LogP contribution in [-0.4, -0.2) is 48.9 Å². The number of amides is 2. The van der Waals surface area contributed by atoms with Gasteiger partial charge in [-0.1, -0.05) is 30.3 Å². The molecule has 0 aliphatic heterocycles. The SMILES string of the molecule is CN(C)CCNC(=O)c1cc(C(=O)NCc2ccccc2)ccn1. The minimum absolute atomic E-state index is 0.233. The van der Waals surface area contributed by atoms with Crippen molar-refractivity contribution in [3.63, 3.8) is 0 Å². The van der Waals surface area contributed by atoms with Gasteiger partial charge in [0.1, 0.15) is 5.69 Å². The normalized spacial score (nSPS) is 10.5. The first-order valence-corrected chi connectivity index (χ1v) is 7.77. The zero-order chi connectivity index (χ0) is 17.4. The van der Waals surface area contributed by atoms with Gasteiger partial charge in [0.15, 0.2) is 0 Å². The predicted molar refractivity (Wildman–Crippen MR) is 92.7 cm³/mol. The monoisotopic (exact) mass is 326 g/mol. The van der Waals surface area contributed by atoms with Crippen LogP contribution < -0.4 is 10.6 Å². The maximum Gasteiger partial charge on any atom is 0.269 e. The van der Waals surface area contributed by atoms with Crippen molar-refractivity contribution in [2.24, 2.45) is 0 Å². The average molecular weight is 326 g/mol. The third kappa shape index (κ3) is 5.48. The number of carbonyl (C=O) groups is 2. The molecule has 1 aromatic heterocycles. The number of hydrogen-bond donors (Lipinski definition) is 2. The fourth-order valence-corrected chi connectivity index (χ4v) is 2.06. The molecule has 0 radical (unpaired) electrons. The van der Waals surface area contributed by atoms with Gasteiger partial charge in [0, 0.05) is 31.4 Å². The Hall–Kier alpha value is -2.73. The number of carbonyl (C=O) groups excluding carboxylic acids is 2. The van der Waals surface area contributed by atoms with Crippen molar-refractivity contribution in [2.75, 3.05) is 27.2 Å². The Morgan fingerprint density at radius 2 is 1.79 bits per heavy atom. The molecule has 2 amide bonds. The van der Waals surface area contributed by atoms with Crippen LogP contribution in [0.3, 0.4) is 0 Å². The van der Waals surface area contributed by atoms with E-state index >= 15 is 0 Å². The van der Waals surface area contributed by atoms with E-state index in [4.69, 9.17) is 0 Å². The first-order valence-electron chi connectivity index (χ1n) is 7.77. The summed E-state index contributed by atoms with van der Waals surface area (Å²) in [6, 6.07) is 12.7. The van der Waals surface area contributed by atoms with Crippen LogP contribution in [0, 0.1) is 0 Å². The van der Waals surface area contributed by atoms with Crippen LogP contribution >= 0.6 is 0 Å². The van der Waals surface area contributed by atoms with Gasteiger partial charge in [0.2, 0.25) is 0 Å². The van der Waals surface area contributed by atoms with Gasteiger partial charge in [-0.15, -0.1) is 0 Å². The number of benzene rings is 1. The topological polar surface area (TPSA) is 74.3 Å². The number of pyridine rings is 1. The molecule has 2 rings (SSSR count). The van der Waals surface area contributed by atoms with Gasteiger partial charge in [-0.2, -0.15) is 0 Å². The summed E-state index contributed by atoms with van der Waals surface area (Å²) in [7, 11) is 3.87. The van der Waals surface area contributed by atoms with Crippen molar-refractivity contribution in [2.45, 2.75) is 6.54 Å². The number of aromatic nitrogens is 1. The molecule has 1 heterocycles. The molecule has 2 aromatic rings. The van der Waals surface area contributed by atoms with Crippen molar-refractivity contribution < 1.29 is 9.59 Å². The molecular weight excluding hydrogens is 304 g/mol. The molecule has 0 spiro atoms. The van der Waals surface area contributed by atoms with Gasteiger partial charge in [-0.3, -0.25) is 14.6 Å².